The molecule has 4 nitrogen and oxygen atoms in total. The van der Waals surface area contributed by atoms with Crippen LogP contribution >= 0.6 is 34.8 Å². The molecule has 0 bridgehead atoms. The van der Waals surface area contributed by atoms with Crippen LogP contribution in [-0.2, 0) is 10.0 Å². The molecule has 26 heavy (non-hydrogen) atoms. The Bertz CT molecular complexity index is 888. The highest BCUT2D eigenvalue weighted by molar-refractivity contribution is 7.89. The monoisotopic (exact) mass is 432 g/mol. The van der Waals surface area contributed by atoms with E-state index in [4.69, 9.17) is 34.8 Å². The predicted molar refractivity (Wildman–Crippen MR) is 109 cm³/mol. The summed E-state index contributed by atoms with van der Waals surface area (Å²) in [5.74, 6) is 0.0854. The molecule has 8 heteroatoms. The molecule has 0 spiro atoms. The first-order valence-electron chi connectivity index (χ1n) is 8.27. The number of hydrogen-bond acceptors (Lipinski definition) is 3. The van der Waals surface area contributed by atoms with Gasteiger partial charge in [-0.15, -0.1) is 0 Å². The SMILES string of the molecule is CCS(=O)(=O)N1CCN(c2ccc(Cl)cc2Cl)C(c2ccc(Cl)cc2)C1. The summed E-state index contributed by atoms with van der Waals surface area (Å²) in [6, 6.07) is 12.7. The maximum absolute atomic E-state index is 12.4. The van der Waals surface area contributed by atoms with Crippen LogP contribution in [0.15, 0.2) is 42.5 Å². The molecule has 0 N–H and O–H groups in total. The van der Waals surface area contributed by atoms with Gasteiger partial charge in [-0.2, -0.15) is 4.31 Å². The Morgan fingerprint density at radius 2 is 1.65 bits per heavy atom. The van der Waals surface area contributed by atoms with Crippen molar-refractivity contribution in [3.63, 3.8) is 0 Å². The van der Waals surface area contributed by atoms with Crippen LogP contribution in [0.3, 0.4) is 0 Å². The van der Waals surface area contributed by atoms with Crippen molar-refractivity contribution in [3.05, 3.63) is 63.1 Å². The zero-order chi connectivity index (χ0) is 18.9. The largest absolute Gasteiger partial charge is 0.361 e. The van der Waals surface area contributed by atoms with Crippen LogP contribution in [0, 0.1) is 0 Å². The number of sulfonamides is 1. The number of halogens is 3. The van der Waals surface area contributed by atoms with E-state index in [2.05, 4.69) is 4.90 Å². The van der Waals surface area contributed by atoms with Gasteiger partial charge in [-0.05, 0) is 42.8 Å². The lowest BCUT2D eigenvalue weighted by atomic mass is 10.0. The Morgan fingerprint density at radius 1 is 1.00 bits per heavy atom. The van der Waals surface area contributed by atoms with Gasteiger partial charge < -0.3 is 4.90 Å². The summed E-state index contributed by atoms with van der Waals surface area (Å²) in [6.45, 7) is 2.97. The van der Waals surface area contributed by atoms with Gasteiger partial charge in [-0.1, -0.05) is 46.9 Å². The molecular weight excluding hydrogens is 415 g/mol. The van der Waals surface area contributed by atoms with Gasteiger partial charge >= 0.3 is 0 Å². The molecule has 0 saturated carbocycles. The minimum Gasteiger partial charge on any atom is -0.361 e. The van der Waals surface area contributed by atoms with E-state index in [0.29, 0.717) is 34.7 Å². The molecule has 1 unspecified atom stereocenters. The van der Waals surface area contributed by atoms with Crippen molar-refractivity contribution in [2.24, 2.45) is 0 Å². The topological polar surface area (TPSA) is 40.6 Å². The number of anilines is 1. The number of rotatable bonds is 4. The van der Waals surface area contributed by atoms with Gasteiger partial charge in [-0.3, -0.25) is 0 Å². The third-order valence-electron chi connectivity index (χ3n) is 4.58. The molecule has 0 radical (unpaired) electrons. The van der Waals surface area contributed by atoms with E-state index in [-0.39, 0.29) is 11.8 Å². The first-order chi connectivity index (χ1) is 12.3. The van der Waals surface area contributed by atoms with Gasteiger partial charge in [0.05, 0.1) is 22.5 Å². The summed E-state index contributed by atoms with van der Waals surface area (Å²) in [5.41, 5.74) is 1.82. The van der Waals surface area contributed by atoms with E-state index >= 15 is 0 Å². The van der Waals surface area contributed by atoms with Gasteiger partial charge in [0, 0.05) is 29.7 Å². The van der Waals surface area contributed by atoms with Gasteiger partial charge in [0.2, 0.25) is 10.0 Å². The third-order valence-corrected chi connectivity index (χ3v) is 7.21. The summed E-state index contributed by atoms with van der Waals surface area (Å²) in [4.78, 5) is 2.13. The van der Waals surface area contributed by atoms with Crippen LogP contribution < -0.4 is 4.90 Å². The summed E-state index contributed by atoms with van der Waals surface area (Å²) in [6.07, 6.45) is 0. The molecule has 1 aliphatic heterocycles. The quantitative estimate of drug-likeness (QED) is 0.691. The van der Waals surface area contributed by atoms with Crippen molar-refractivity contribution in [2.75, 3.05) is 30.3 Å². The molecule has 0 aromatic heterocycles. The molecule has 0 aliphatic carbocycles. The highest BCUT2D eigenvalue weighted by Gasteiger charge is 2.34. The number of piperazine rings is 1. The molecule has 2 aromatic rings. The fourth-order valence-corrected chi connectivity index (χ4v) is 4.90. The lowest BCUT2D eigenvalue weighted by molar-refractivity contribution is 0.336. The van der Waals surface area contributed by atoms with Crippen molar-refractivity contribution in [3.8, 4) is 0 Å². The molecule has 2 aromatic carbocycles. The summed E-state index contributed by atoms with van der Waals surface area (Å²) >= 11 is 18.5. The zero-order valence-electron chi connectivity index (χ0n) is 14.2. The molecule has 1 heterocycles. The van der Waals surface area contributed by atoms with Crippen LogP contribution in [0.1, 0.15) is 18.5 Å². The van der Waals surface area contributed by atoms with E-state index < -0.39 is 10.0 Å². The normalized spacial score (nSPS) is 18.9. The lowest BCUT2D eigenvalue weighted by Gasteiger charge is -2.42. The first-order valence-corrected chi connectivity index (χ1v) is 11.0. The van der Waals surface area contributed by atoms with Crippen LogP contribution in [0.5, 0.6) is 0 Å². The van der Waals surface area contributed by atoms with Crippen LogP contribution in [0.4, 0.5) is 5.69 Å². The van der Waals surface area contributed by atoms with E-state index in [0.717, 1.165) is 11.3 Å². The molecule has 1 aliphatic rings. The minimum atomic E-state index is -3.27. The van der Waals surface area contributed by atoms with Gasteiger partial charge in [0.25, 0.3) is 0 Å². The molecule has 1 atom stereocenters. The maximum atomic E-state index is 12.4. The smallest absolute Gasteiger partial charge is 0.213 e. The van der Waals surface area contributed by atoms with Crippen LogP contribution in [0.2, 0.25) is 15.1 Å². The zero-order valence-corrected chi connectivity index (χ0v) is 17.3. The fraction of sp³-hybridized carbons (Fsp3) is 0.333. The standard InChI is InChI=1S/C18H19Cl3N2O2S/c1-2-26(24,25)22-9-10-23(17-8-7-15(20)11-16(17)21)18(12-22)13-3-5-14(19)6-4-13/h3-8,11,18H,2,9-10,12H2,1H3. The Kier molecular flexibility index (Phi) is 6.04. The molecule has 140 valence electrons. The Morgan fingerprint density at radius 3 is 2.27 bits per heavy atom. The van der Waals surface area contributed by atoms with Crippen LogP contribution in [0.25, 0.3) is 0 Å². The van der Waals surface area contributed by atoms with Gasteiger partial charge in [0.15, 0.2) is 0 Å². The van der Waals surface area contributed by atoms with E-state index in [1.165, 1.54) is 0 Å². The molecule has 3 rings (SSSR count). The fourth-order valence-electron chi connectivity index (χ4n) is 3.17. The average molecular weight is 434 g/mol. The van der Waals surface area contributed by atoms with Crippen molar-refractivity contribution >= 4 is 50.5 Å². The average Bonchev–Trinajstić information content (AvgIpc) is 2.62. The van der Waals surface area contributed by atoms with Crippen molar-refractivity contribution in [2.45, 2.75) is 13.0 Å². The van der Waals surface area contributed by atoms with E-state index in [9.17, 15) is 8.42 Å². The molecular formula is C18H19Cl3N2O2S. The van der Waals surface area contributed by atoms with E-state index in [1.54, 1.807) is 23.4 Å². The Balaban J connectivity index is 2.01. The number of nitrogens with zero attached hydrogens (tertiary/aromatic N) is 2. The molecule has 0 amide bonds. The Hall–Kier alpha value is -0.980. The van der Waals surface area contributed by atoms with E-state index in [1.807, 2.05) is 30.3 Å². The van der Waals surface area contributed by atoms with Crippen molar-refractivity contribution in [1.82, 2.24) is 4.31 Å². The van der Waals surface area contributed by atoms with Gasteiger partial charge in [0.1, 0.15) is 0 Å². The summed E-state index contributed by atoms with van der Waals surface area (Å²) < 4.78 is 26.3. The van der Waals surface area contributed by atoms with Gasteiger partial charge in [-0.25, -0.2) is 8.42 Å². The Labute approximate surface area is 169 Å². The number of benzene rings is 2. The molecule has 1 fully saturated rings. The second kappa shape index (κ2) is 7.95. The second-order valence-electron chi connectivity index (χ2n) is 6.12. The summed E-state index contributed by atoms with van der Waals surface area (Å²) in [5, 5.41) is 1.75. The van der Waals surface area contributed by atoms with Crippen LogP contribution in [-0.4, -0.2) is 38.1 Å². The van der Waals surface area contributed by atoms with Crippen molar-refractivity contribution < 1.29 is 8.42 Å². The maximum Gasteiger partial charge on any atom is 0.213 e. The van der Waals surface area contributed by atoms with Crippen molar-refractivity contribution in [1.29, 1.82) is 0 Å². The minimum absolute atomic E-state index is 0.0854. The second-order valence-corrected chi connectivity index (χ2v) is 9.65. The molecule has 1 saturated heterocycles. The predicted octanol–water partition coefficient (Wildman–Crippen LogP) is 4.86. The lowest BCUT2D eigenvalue weighted by Crippen LogP contribution is -2.51. The highest BCUT2D eigenvalue weighted by Crippen LogP contribution is 2.37. The first kappa shape index (κ1) is 19.8. The third kappa shape index (κ3) is 4.12. The number of hydrogen-bond donors (Lipinski definition) is 0. The highest BCUT2D eigenvalue weighted by atomic mass is 35.5. The summed E-state index contributed by atoms with van der Waals surface area (Å²) in [7, 11) is -3.27.